The molecule has 0 aliphatic carbocycles. The molecule has 98 valence electrons. The lowest BCUT2D eigenvalue weighted by Crippen LogP contribution is -2.27. The Bertz CT molecular complexity index is 428. The van der Waals surface area contributed by atoms with Crippen molar-refractivity contribution in [2.24, 2.45) is 0 Å². The third-order valence-electron chi connectivity index (χ3n) is 1.88. The van der Waals surface area contributed by atoms with Gasteiger partial charge in [-0.05, 0) is 45.0 Å². The minimum Gasteiger partial charge on any atom is -0.482 e. The van der Waals surface area contributed by atoms with Gasteiger partial charge in [0.15, 0.2) is 6.61 Å². The normalized spacial score (nSPS) is 10.8. The number of esters is 1. The van der Waals surface area contributed by atoms with Crippen LogP contribution in [0.1, 0.15) is 31.1 Å². The number of carbonyl (C=O) groups excluding carboxylic acids is 1. The Hall–Kier alpha value is -2.04. The fourth-order valence-corrected chi connectivity index (χ4v) is 1.21. The van der Waals surface area contributed by atoms with E-state index in [4.69, 9.17) is 14.6 Å². The van der Waals surface area contributed by atoms with Crippen molar-refractivity contribution in [2.45, 2.75) is 26.4 Å². The molecule has 1 rings (SSSR count). The summed E-state index contributed by atoms with van der Waals surface area (Å²) in [5, 5.41) is 8.71. The molecule has 0 fully saturated rings. The van der Waals surface area contributed by atoms with Gasteiger partial charge < -0.3 is 14.6 Å². The third-order valence-corrected chi connectivity index (χ3v) is 1.88. The summed E-state index contributed by atoms with van der Waals surface area (Å²) in [4.78, 5) is 22.0. The van der Waals surface area contributed by atoms with Gasteiger partial charge in [0.05, 0.1) is 5.56 Å². The van der Waals surface area contributed by atoms with Gasteiger partial charge in [0, 0.05) is 0 Å². The Morgan fingerprint density at radius 3 is 2.17 bits per heavy atom. The summed E-state index contributed by atoms with van der Waals surface area (Å²) in [5.74, 6) is -1.05. The molecule has 1 aromatic carbocycles. The lowest BCUT2D eigenvalue weighted by atomic mass is 10.2. The zero-order chi connectivity index (χ0) is 13.8. The molecule has 18 heavy (non-hydrogen) atoms. The average Bonchev–Trinajstić information content (AvgIpc) is 2.24. The smallest absolute Gasteiger partial charge is 0.344 e. The van der Waals surface area contributed by atoms with E-state index in [0.717, 1.165) is 0 Å². The van der Waals surface area contributed by atoms with E-state index in [9.17, 15) is 9.59 Å². The molecular formula is C13H16O5. The highest BCUT2D eigenvalue weighted by atomic mass is 16.6. The lowest BCUT2D eigenvalue weighted by Gasteiger charge is -2.19. The molecule has 5 heteroatoms. The van der Waals surface area contributed by atoms with E-state index < -0.39 is 17.5 Å². The van der Waals surface area contributed by atoms with E-state index in [-0.39, 0.29) is 12.2 Å². The predicted octanol–water partition coefficient (Wildman–Crippen LogP) is 2.11. The molecule has 0 radical (unpaired) electrons. The number of carboxylic acids is 1. The second kappa shape index (κ2) is 5.53. The zero-order valence-electron chi connectivity index (χ0n) is 10.6. The van der Waals surface area contributed by atoms with Gasteiger partial charge in [-0.1, -0.05) is 0 Å². The number of carbonyl (C=O) groups is 2. The van der Waals surface area contributed by atoms with Gasteiger partial charge in [-0.25, -0.2) is 9.59 Å². The highest BCUT2D eigenvalue weighted by Gasteiger charge is 2.16. The first-order chi connectivity index (χ1) is 8.28. The van der Waals surface area contributed by atoms with Crippen LogP contribution in [0.2, 0.25) is 0 Å². The first kappa shape index (κ1) is 14.0. The molecule has 0 bridgehead atoms. The van der Waals surface area contributed by atoms with Crippen molar-refractivity contribution in [3.05, 3.63) is 29.8 Å². The maximum atomic E-state index is 11.4. The minimum absolute atomic E-state index is 0.166. The van der Waals surface area contributed by atoms with Crippen molar-refractivity contribution in [1.82, 2.24) is 0 Å². The van der Waals surface area contributed by atoms with Crippen LogP contribution in [0, 0.1) is 0 Å². The SMILES string of the molecule is CC(C)(C)OC(=O)COc1ccc(C(=O)O)cc1. The average molecular weight is 252 g/mol. The van der Waals surface area contributed by atoms with Crippen molar-refractivity contribution in [3.63, 3.8) is 0 Å². The highest BCUT2D eigenvalue weighted by molar-refractivity contribution is 5.87. The van der Waals surface area contributed by atoms with Crippen LogP contribution < -0.4 is 4.74 Å². The summed E-state index contributed by atoms with van der Waals surface area (Å²) in [5.41, 5.74) is -0.382. The fraction of sp³-hybridized carbons (Fsp3) is 0.385. The van der Waals surface area contributed by atoms with Gasteiger partial charge in [-0.15, -0.1) is 0 Å². The van der Waals surface area contributed by atoms with E-state index in [0.29, 0.717) is 5.75 Å². The van der Waals surface area contributed by atoms with Crippen LogP contribution in [0.4, 0.5) is 0 Å². The lowest BCUT2D eigenvalue weighted by molar-refractivity contribution is -0.157. The second-order valence-corrected chi connectivity index (χ2v) is 4.70. The van der Waals surface area contributed by atoms with Gasteiger partial charge in [0.25, 0.3) is 0 Å². The topological polar surface area (TPSA) is 72.8 Å². The van der Waals surface area contributed by atoms with Gasteiger partial charge in [-0.3, -0.25) is 0 Å². The maximum Gasteiger partial charge on any atom is 0.344 e. The van der Waals surface area contributed by atoms with Gasteiger partial charge in [0.1, 0.15) is 11.4 Å². The van der Waals surface area contributed by atoms with Crippen LogP contribution in [0.3, 0.4) is 0 Å². The standard InChI is InChI=1S/C13H16O5/c1-13(2,3)18-11(14)8-17-10-6-4-9(5-7-10)12(15)16/h4-7H,8H2,1-3H3,(H,15,16). The molecule has 0 saturated heterocycles. The van der Waals surface area contributed by atoms with E-state index in [1.165, 1.54) is 24.3 Å². The number of carboxylic acid groups (broad SMARTS) is 1. The van der Waals surface area contributed by atoms with Crippen LogP contribution in [0.5, 0.6) is 5.75 Å². The van der Waals surface area contributed by atoms with Crippen LogP contribution in [0.15, 0.2) is 24.3 Å². The minimum atomic E-state index is -1.01. The number of hydrogen-bond acceptors (Lipinski definition) is 4. The van der Waals surface area contributed by atoms with Crippen LogP contribution in [-0.4, -0.2) is 29.3 Å². The zero-order valence-corrected chi connectivity index (χ0v) is 10.6. The Morgan fingerprint density at radius 1 is 1.17 bits per heavy atom. The van der Waals surface area contributed by atoms with Crippen LogP contribution in [0.25, 0.3) is 0 Å². The summed E-state index contributed by atoms with van der Waals surface area (Å²) in [7, 11) is 0. The Balaban J connectivity index is 2.49. The predicted molar refractivity (Wildman–Crippen MR) is 64.7 cm³/mol. The van der Waals surface area contributed by atoms with E-state index in [1.807, 2.05) is 0 Å². The number of ether oxygens (including phenoxy) is 2. The highest BCUT2D eigenvalue weighted by Crippen LogP contribution is 2.13. The molecular weight excluding hydrogens is 236 g/mol. The Kier molecular flexibility index (Phi) is 4.31. The number of hydrogen-bond donors (Lipinski definition) is 1. The van der Waals surface area contributed by atoms with Crippen molar-refractivity contribution in [2.75, 3.05) is 6.61 Å². The molecule has 0 unspecified atom stereocenters. The molecule has 1 aromatic rings. The molecule has 0 spiro atoms. The molecule has 0 atom stereocenters. The number of rotatable bonds is 4. The Labute approximate surface area is 105 Å². The molecule has 0 amide bonds. The van der Waals surface area contributed by atoms with Crippen molar-refractivity contribution < 1.29 is 24.2 Å². The summed E-state index contributed by atoms with van der Waals surface area (Å²) in [6.07, 6.45) is 0. The molecule has 0 heterocycles. The maximum absolute atomic E-state index is 11.4. The summed E-state index contributed by atoms with van der Waals surface area (Å²) >= 11 is 0. The summed E-state index contributed by atoms with van der Waals surface area (Å²) in [6.45, 7) is 5.11. The second-order valence-electron chi connectivity index (χ2n) is 4.70. The van der Waals surface area contributed by atoms with E-state index in [2.05, 4.69) is 0 Å². The largest absolute Gasteiger partial charge is 0.482 e. The summed E-state index contributed by atoms with van der Waals surface area (Å²) < 4.78 is 10.2. The first-order valence-corrected chi connectivity index (χ1v) is 5.46. The molecule has 0 aliphatic heterocycles. The summed E-state index contributed by atoms with van der Waals surface area (Å²) in [6, 6.07) is 5.81. The number of benzene rings is 1. The quantitative estimate of drug-likeness (QED) is 0.831. The van der Waals surface area contributed by atoms with Crippen molar-refractivity contribution in [1.29, 1.82) is 0 Å². The number of aromatic carboxylic acids is 1. The fourth-order valence-electron chi connectivity index (χ4n) is 1.21. The monoisotopic (exact) mass is 252 g/mol. The Morgan fingerprint density at radius 2 is 1.72 bits per heavy atom. The van der Waals surface area contributed by atoms with Crippen LogP contribution >= 0.6 is 0 Å². The van der Waals surface area contributed by atoms with Crippen molar-refractivity contribution in [3.8, 4) is 5.75 Å². The van der Waals surface area contributed by atoms with Gasteiger partial charge in [0.2, 0.25) is 0 Å². The molecule has 0 saturated carbocycles. The van der Waals surface area contributed by atoms with E-state index >= 15 is 0 Å². The third kappa shape index (κ3) is 4.86. The van der Waals surface area contributed by atoms with Gasteiger partial charge >= 0.3 is 11.9 Å². The molecule has 5 nitrogen and oxygen atoms in total. The molecule has 0 aliphatic rings. The van der Waals surface area contributed by atoms with E-state index in [1.54, 1.807) is 20.8 Å². The van der Waals surface area contributed by atoms with Crippen molar-refractivity contribution >= 4 is 11.9 Å². The van der Waals surface area contributed by atoms with Crippen LogP contribution in [-0.2, 0) is 9.53 Å². The first-order valence-electron chi connectivity index (χ1n) is 5.46. The van der Waals surface area contributed by atoms with Gasteiger partial charge in [-0.2, -0.15) is 0 Å². The molecule has 0 aromatic heterocycles. The molecule has 1 N–H and O–H groups in total.